The van der Waals surface area contributed by atoms with Crippen LogP contribution in [0.3, 0.4) is 0 Å². The molecule has 1 aliphatic rings. The van der Waals surface area contributed by atoms with E-state index in [-0.39, 0.29) is 11.3 Å². The monoisotopic (exact) mass is 206 g/mol. The minimum atomic E-state index is -0.719. The second kappa shape index (κ2) is 3.26. The third-order valence-electron chi connectivity index (χ3n) is 3.26. The minimum absolute atomic E-state index is 0.252. The van der Waals surface area contributed by atoms with Crippen molar-refractivity contribution in [3.05, 3.63) is 29.8 Å². The molecule has 2 rings (SSSR count). The molecule has 1 unspecified atom stereocenters. The maximum Gasteiger partial charge on any atom is 0.307 e. The van der Waals surface area contributed by atoms with Crippen LogP contribution in [0.4, 0.5) is 0 Å². The molecular weight excluding hydrogens is 192 g/mol. The molecule has 1 aromatic rings. The number of para-hydroxylation sites is 1. The molecule has 0 aliphatic heterocycles. The van der Waals surface area contributed by atoms with Gasteiger partial charge in [0.1, 0.15) is 5.75 Å². The number of methoxy groups -OCH3 is 1. The van der Waals surface area contributed by atoms with Gasteiger partial charge in [-0.1, -0.05) is 25.1 Å². The van der Waals surface area contributed by atoms with Gasteiger partial charge in [-0.3, -0.25) is 4.79 Å². The maximum atomic E-state index is 10.9. The Morgan fingerprint density at radius 3 is 2.73 bits per heavy atom. The average Bonchev–Trinajstić information content (AvgIpc) is 2.92. The number of benzene rings is 1. The lowest BCUT2D eigenvalue weighted by Gasteiger charge is -2.14. The molecule has 0 spiro atoms. The smallest absolute Gasteiger partial charge is 0.307 e. The zero-order valence-electron chi connectivity index (χ0n) is 8.86. The summed E-state index contributed by atoms with van der Waals surface area (Å²) >= 11 is 0. The number of aliphatic carboxylic acids is 1. The fourth-order valence-corrected chi connectivity index (χ4v) is 2.14. The molecule has 3 nitrogen and oxygen atoms in total. The molecule has 3 heteroatoms. The third-order valence-corrected chi connectivity index (χ3v) is 3.26. The first-order valence-corrected chi connectivity index (χ1v) is 4.96. The molecule has 0 heterocycles. The predicted molar refractivity (Wildman–Crippen MR) is 56.1 cm³/mol. The van der Waals surface area contributed by atoms with Crippen LogP contribution in [-0.2, 0) is 10.2 Å². The van der Waals surface area contributed by atoms with Gasteiger partial charge < -0.3 is 9.84 Å². The van der Waals surface area contributed by atoms with E-state index in [4.69, 9.17) is 9.84 Å². The Bertz CT molecular complexity index is 400. The highest BCUT2D eigenvalue weighted by atomic mass is 16.5. The molecule has 0 aromatic heterocycles. The SMILES string of the molecule is COc1ccccc1C1(C)C[C@H]1C(=O)O. The lowest BCUT2D eigenvalue weighted by atomic mass is 9.94. The van der Waals surface area contributed by atoms with Gasteiger partial charge in [0.05, 0.1) is 13.0 Å². The lowest BCUT2D eigenvalue weighted by Crippen LogP contribution is -2.12. The summed E-state index contributed by atoms with van der Waals surface area (Å²) in [7, 11) is 1.61. The summed E-state index contributed by atoms with van der Waals surface area (Å²) in [6.45, 7) is 1.98. The molecule has 0 bridgehead atoms. The first-order chi connectivity index (χ1) is 7.09. The van der Waals surface area contributed by atoms with Crippen molar-refractivity contribution < 1.29 is 14.6 Å². The Labute approximate surface area is 88.7 Å². The quantitative estimate of drug-likeness (QED) is 0.823. The summed E-state index contributed by atoms with van der Waals surface area (Å²) in [5.41, 5.74) is 0.748. The number of hydrogen-bond acceptors (Lipinski definition) is 2. The van der Waals surface area contributed by atoms with Crippen LogP contribution in [0.15, 0.2) is 24.3 Å². The van der Waals surface area contributed by atoms with Gasteiger partial charge >= 0.3 is 5.97 Å². The van der Waals surface area contributed by atoms with E-state index in [1.165, 1.54) is 0 Å². The normalized spacial score (nSPS) is 28.5. The molecule has 1 saturated carbocycles. The Balaban J connectivity index is 2.35. The molecule has 2 atom stereocenters. The van der Waals surface area contributed by atoms with Crippen LogP contribution in [0.5, 0.6) is 5.75 Å². The summed E-state index contributed by atoms with van der Waals surface area (Å²) in [5.74, 6) is -0.207. The summed E-state index contributed by atoms with van der Waals surface area (Å²) in [6.07, 6.45) is 0.697. The van der Waals surface area contributed by atoms with Crippen molar-refractivity contribution in [1.82, 2.24) is 0 Å². The van der Waals surface area contributed by atoms with Crippen LogP contribution in [0, 0.1) is 5.92 Å². The number of carbonyl (C=O) groups is 1. The molecule has 1 N–H and O–H groups in total. The van der Waals surface area contributed by atoms with Crippen LogP contribution in [0.1, 0.15) is 18.9 Å². The largest absolute Gasteiger partial charge is 0.496 e. The Morgan fingerprint density at radius 2 is 2.20 bits per heavy atom. The van der Waals surface area contributed by atoms with Gasteiger partial charge in [-0.05, 0) is 12.5 Å². The number of carboxylic acids is 1. The van der Waals surface area contributed by atoms with Crippen LogP contribution >= 0.6 is 0 Å². The summed E-state index contributed by atoms with van der Waals surface area (Å²) < 4.78 is 5.25. The highest BCUT2D eigenvalue weighted by molar-refractivity contribution is 5.77. The van der Waals surface area contributed by atoms with Crippen molar-refractivity contribution in [2.45, 2.75) is 18.8 Å². The van der Waals surface area contributed by atoms with Gasteiger partial charge in [0.25, 0.3) is 0 Å². The van der Waals surface area contributed by atoms with Gasteiger partial charge in [0.2, 0.25) is 0 Å². The second-order valence-corrected chi connectivity index (χ2v) is 4.21. The molecule has 1 fully saturated rings. The summed E-state index contributed by atoms with van der Waals surface area (Å²) in [4.78, 5) is 10.9. The highest BCUT2D eigenvalue weighted by Crippen LogP contribution is 2.56. The summed E-state index contributed by atoms with van der Waals surface area (Å²) in [5, 5.41) is 8.97. The number of ether oxygens (including phenoxy) is 1. The van der Waals surface area contributed by atoms with Crippen LogP contribution in [0.2, 0.25) is 0 Å². The van der Waals surface area contributed by atoms with E-state index < -0.39 is 5.97 Å². The van der Waals surface area contributed by atoms with E-state index in [1.54, 1.807) is 7.11 Å². The van der Waals surface area contributed by atoms with E-state index in [1.807, 2.05) is 31.2 Å². The first-order valence-electron chi connectivity index (χ1n) is 4.96. The minimum Gasteiger partial charge on any atom is -0.496 e. The molecule has 1 aliphatic carbocycles. The molecule has 1 aromatic carbocycles. The molecule has 80 valence electrons. The maximum absolute atomic E-state index is 10.9. The van der Waals surface area contributed by atoms with Gasteiger partial charge in [-0.15, -0.1) is 0 Å². The summed E-state index contributed by atoms with van der Waals surface area (Å²) in [6, 6.07) is 7.63. The predicted octanol–water partition coefficient (Wildman–Crippen LogP) is 2.06. The van der Waals surface area contributed by atoms with Crippen molar-refractivity contribution >= 4 is 5.97 Å². The van der Waals surface area contributed by atoms with Crippen molar-refractivity contribution in [3.8, 4) is 5.75 Å². The van der Waals surface area contributed by atoms with Gasteiger partial charge in [-0.25, -0.2) is 0 Å². The zero-order valence-corrected chi connectivity index (χ0v) is 8.86. The molecule has 15 heavy (non-hydrogen) atoms. The van der Waals surface area contributed by atoms with E-state index in [9.17, 15) is 4.79 Å². The Kier molecular flexibility index (Phi) is 2.18. The average molecular weight is 206 g/mol. The van der Waals surface area contributed by atoms with Crippen LogP contribution < -0.4 is 4.74 Å². The fraction of sp³-hybridized carbons (Fsp3) is 0.417. The molecule has 0 radical (unpaired) electrons. The number of carboxylic acid groups (broad SMARTS) is 1. The van der Waals surface area contributed by atoms with Crippen LogP contribution in [-0.4, -0.2) is 18.2 Å². The van der Waals surface area contributed by atoms with E-state index in [2.05, 4.69) is 0 Å². The van der Waals surface area contributed by atoms with Crippen molar-refractivity contribution in [2.24, 2.45) is 5.92 Å². The van der Waals surface area contributed by atoms with Crippen molar-refractivity contribution in [1.29, 1.82) is 0 Å². The van der Waals surface area contributed by atoms with Crippen molar-refractivity contribution in [3.63, 3.8) is 0 Å². The highest BCUT2D eigenvalue weighted by Gasteiger charge is 2.57. The molecular formula is C12H14O3. The lowest BCUT2D eigenvalue weighted by molar-refractivity contribution is -0.138. The van der Waals surface area contributed by atoms with E-state index in [0.29, 0.717) is 6.42 Å². The van der Waals surface area contributed by atoms with Crippen LogP contribution in [0.25, 0.3) is 0 Å². The Morgan fingerprint density at radius 1 is 1.53 bits per heavy atom. The van der Waals surface area contributed by atoms with Gasteiger partial charge in [0.15, 0.2) is 0 Å². The molecule has 0 amide bonds. The van der Waals surface area contributed by atoms with E-state index in [0.717, 1.165) is 11.3 Å². The third kappa shape index (κ3) is 1.48. The zero-order chi connectivity index (χ0) is 11.1. The standard InChI is InChI=1S/C12H14O3/c1-12(7-9(12)11(13)14)8-5-3-4-6-10(8)15-2/h3-6,9H,7H2,1-2H3,(H,13,14)/t9-,12?/m0/s1. The number of rotatable bonds is 3. The Hall–Kier alpha value is -1.51. The topological polar surface area (TPSA) is 46.5 Å². The first kappa shape index (κ1) is 10.0. The van der Waals surface area contributed by atoms with Crippen molar-refractivity contribution in [2.75, 3.05) is 7.11 Å². The van der Waals surface area contributed by atoms with Gasteiger partial charge in [0, 0.05) is 11.0 Å². The number of hydrogen-bond donors (Lipinski definition) is 1. The van der Waals surface area contributed by atoms with E-state index >= 15 is 0 Å². The second-order valence-electron chi connectivity index (χ2n) is 4.21. The van der Waals surface area contributed by atoms with Gasteiger partial charge in [-0.2, -0.15) is 0 Å². The molecule has 0 saturated heterocycles. The fourth-order valence-electron chi connectivity index (χ4n) is 2.14.